The average Bonchev–Trinajstić information content (AvgIpc) is 3.20. The monoisotopic (exact) mass is 542 g/mol. The highest BCUT2D eigenvalue weighted by Gasteiger charge is 2.59. The predicted molar refractivity (Wildman–Crippen MR) is 163 cm³/mol. The Morgan fingerprint density at radius 1 is 1.05 bits per heavy atom. The Balaban J connectivity index is 1.31. The molecule has 4 aliphatic carbocycles. The second-order valence-electron chi connectivity index (χ2n) is 15.9. The van der Waals surface area contributed by atoms with E-state index in [0.29, 0.717) is 36.6 Å². The van der Waals surface area contributed by atoms with E-state index in [1.807, 2.05) is 20.8 Å². The second-order valence-corrected chi connectivity index (χ2v) is 15.9. The fourth-order valence-corrected chi connectivity index (χ4v) is 9.65. The molecule has 0 saturated heterocycles. The number of carbonyl (C=O) groups excluding carboxylic acids is 1. The van der Waals surface area contributed by atoms with Gasteiger partial charge in [0.1, 0.15) is 0 Å². The lowest BCUT2D eigenvalue weighted by molar-refractivity contribution is -0.122. The number of amides is 1. The SMILES string of the molecule is CC(C)CCC[C@@H](C)[C@H]1CCC2C3CC=C4CC(NC(=O)CCNCOC(C)(C)C)CC[C@]4(C)C3CC[C@@]21C. The first-order valence-corrected chi connectivity index (χ1v) is 16.7. The molecule has 4 unspecified atom stereocenters. The van der Waals surface area contributed by atoms with Gasteiger partial charge in [0.15, 0.2) is 0 Å². The van der Waals surface area contributed by atoms with Crippen LogP contribution in [-0.2, 0) is 9.53 Å². The van der Waals surface area contributed by atoms with Gasteiger partial charge in [-0.3, -0.25) is 10.1 Å². The molecule has 3 fully saturated rings. The quantitative estimate of drug-likeness (QED) is 0.157. The largest absolute Gasteiger partial charge is 0.361 e. The van der Waals surface area contributed by atoms with E-state index < -0.39 is 0 Å². The van der Waals surface area contributed by atoms with Gasteiger partial charge >= 0.3 is 0 Å². The molecule has 0 bridgehead atoms. The fraction of sp³-hybridized carbons (Fsp3) is 0.914. The summed E-state index contributed by atoms with van der Waals surface area (Å²) >= 11 is 0. The van der Waals surface area contributed by atoms with E-state index >= 15 is 0 Å². The van der Waals surface area contributed by atoms with Crippen molar-refractivity contribution in [2.24, 2.45) is 46.3 Å². The average molecular weight is 543 g/mol. The van der Waals surface area contributed by atoms with Crippen LogP contribution < -0.4 is 10.6 Å². The van der Waals surface area contributed by atoms with Crippen molar-refractivity contribution >= 4 is 5.91 Å². The lowest BCUT2D eigenvalue weighted by Gasteiger charge is -2.58. The maximum absolute atomic E-state index is 12.7. The number of fused-ring (bicyclic) bond motifs is 5. The lowest BCUT2D eigenvalue weighted by Crippen LogP contribution is -2.52. The van der Waals surface area contributed by atoms with Gasteiger partial charge in [-0.25, -0.2) is 0 Å². The molecule has 2 N–H and O–H groups in total. The molecule has 39 heavy (non-hydrogen) atoms. The summed E-state index contributed by atoms with van der Waals surface area (Å²) in [6.07, 6.45) is 17.9. The lowest BCUT2D eigenvalue weighted by atomic mass is 9.47. The van der Waals surface area contributed by atoms with E-state index in [1.165, 1.54) is 57.8 Å². The number of allylic oxidation sites excluding steroid dienone is 1. The van der Waals surface area contributed by atoms with Crippen molar-refractivity contribution in [2.75, 3.05) is 13.3 Å². The molecule has 0 radical (unpaired) electrons. The minimum absolute atomic E-state index is 0.154. The molecule has 0 aromatic heterocycles. The van der Waals surface area contributed by atoms with Crippen LogP contribution in [0.25, 0.3) is 0 Å². The Morgan fingerprint density at radius 3 is 2.54 bits per heavy atom. The maximum Gasteiger partial charge on any atom is 0.221 e. The molecule has 0 heterocycles. The van der Waals surface area contributed by atoms with Crippen molar-refractivity contribution < 1.29 is 9.53 Å². The molecule has 0 aromatic rings. The Hall–Kier alpha value is -0.870. The first kappa shape index (κ1) is 31.1. The van der Waals surface area contributed by atoms with Crippen molar-refractivity contribution in [1.82, 2.24) is 10.6 Å². The van der Waals surface area contributed by atoms with Crippen LogP contribution in [0, 0.1) is 46.3 Å². The third kappa shape index (κ3) is 7.14. The van der Waals surface area contributed by atoms with E-state index in [-0.39, 0.29) is 11.5 Å². The van der Waals surface area contributed by atoms with Crippen LogP contribution in [0.15, 0.2) is 11.6 Å². The summed E-state index contributed by atoms with van der Waals surface area (Å²) in [7, 11) is 0. The topological polar surface area (TPSA) is 50.4 Å². The van der Waals surface area contributed by atoms with Gasteiger partial charge in [0.25, 0.3) is 0 Å². The number of hydrogen-bond donors (Lipinski definition) is 2. The van der Waals surface area contributed by atoms with Gasteiger partial charge in [-0.2, -0.15) is 0 Å². The van der Waals surface area contributed by atoms with Crippen LogP contribution in [0.3, 0.4) is 0 Å². The van der Waals surface area contributed by atoms with Gasteiger partial charge in [0.05, 0.1) is 12.3 Å². The molecule has 4 nitrogen and oxygen atoms in total. The molecule has 8 atom stereocenters. The molecular formula is C35H62N2O2. The van der Waals surface area contributed by atoms with Gasteiger partial charge in [-0.15, -0.1) is 0 Å². The predicted octanol–water partition coefficient (Wildman–Crippen LogP) is 8.26. The van der Waals surface area contributed by atoms with Crippen LogP contribution in [0.2, 0.25) is 0 Å². The zero-order valence-corrected chi connectivity index (χ0v) is 26.8. The first-order valence-electron chi connectivity index (χ1n) is 16.7. The van der Waals surface area contributed by atoms with E-state index in [9.17, 15) is 4.79 Å². The summed E-state index contributed by atoms with van der Waals surface area (Å²) in [5.74, 6) is 5.44. The molecule has 4 aliphatic rings. The van der Waals surface area contributed by atoms with Gasteiger partial charge in [0, 0.05) is 19.0 Å². The highest BCUT2D eigenvalue weighted by molar-refractivity contribution is 5.76. The number of nitrogens with one attached hydrogen (secondary N) is 2. The fourth-order valence-electron chi connectivity index (χ4n) is 9.65. The molecule has 224 valence electrons. The van der Waals surface area contributed by atoms with Crippen LogP contribution in [0.5, 0.6) is 0 Å². The number of rotatable bonds is 11. The molecule has 0 aromatic carbocycles. The standard InChI is InChI=1S/C35H62N2O2/c1-24(2)10-9-11-25(3)29-14-15-30-28-13-12-26-22-27(37-32(38)18-21-36-23-39-33(4,5)6)16-19-34(26,7)31(28)17-20-35(29,30)8/h12,24-25,27-31,36H,9-11,13-23H2,1-8H3,(H,37,38)/t25-,27?,28?,29-,30?,31?,34+,35-/m1/s1. The van der Waals surface area contributed by atoms with Gasteiger partial charge in [0.2, 0.25) is 5.91 Å². The highest BCUT2D eigenvalue weighted by atomic mass is 16.5. The molecule has 4 rings (SSSR count). The summed E-state index contributed by atoms with van der Waals surface area (Å²) in [5, 5.41) is 6.62. The summed E-state index contributed by atoms with van der Waals surface area (Å²) in [4.78, 5) is 12.7. The van der Waals surface area contributed by atoms with Gasteiger partial charge < -0.3 is 10.1 Å². The molecule has 0 spiro atoms. The van der Waals surface area contributed by atoms with Crippen LogP contribution in [0.4, 0.5) is 0 Å². The smallest absolute Gasteiger partial charge is 0.221 e. The van der Waals surface area contributed by atoms with Crippen molar-refractivity contribution in [1.29, 1.82) is 0 Å². The van der Waals surface area contributed by atoms with Gasteiger partial charge in [-0.05, 0) is 118 Å². The zero-order valence-electron chi connectivity index (χ0n) is 26.8. The highest BCUT2D eigenvalue weighted by Crippen LogP contribution is 2.67. The van der Waals surface area contributed by atoms with Crippen molar-refractivity contribution in [3.8, 4) is 0 Å². The van der Waals surface area contributed by atoms with Gasteiger partial charge in [-0.1, -0.05) is 65.5 Å². The van der Waals surface area contributed by atoms with Crippen molar-refractivity contribution in [2.45, 2.75) is 144 Å². The number of ether oxygens (including phenoxy) is 1. The Labute approximate surface area is 241 Å². The zero-order chi connectivity index (χ0) is 28.4. The third-order valence-electron chi connectivity index (χ3n) is 11.8. The minimum atomic E-state index is -0.154. The molecule has 1 amide bonds. The Bertz CT molecular complexity index is 859. The second kappa shape index (κ2) is 12.6. The van der Waals surface area contributed by atoms with E-state index in [0.717, 1.165) is 48.3 Å². The van der Waals surface area contributed by atoms with E-state index in [2.05, 4.69) is 51.3 Å². The number of carbonyl (C=O) groups is 1. The first-order chi connectivity index (χ1) is 18.3. The summed E-state index contributed by atoms with van der Waals surface area (Å²) in [6, 6.07) is 0.301. The van der Waals surface area contributed by atoms with E-state index in [1.54, 1.807) is 5.57 Å². The van der Waals surface area contributed by atoms with Crippen molar-refractivity contribution in [3.05, 3.63) is 11.6 Å². The van der Waals surface area contributed by atoms with Crippen LogP contribution >= 0.6 is 0 Å². The minimum Gasteiger partial charge on any atom is -0.361 e. The van der Waals surface area contributed by atoms with Crippen LogP contribution in [0.1, 0.15) is 132 Å². The molecule has 3 saturated carbocycles. The van der Waals surface area contributed by atoms with Crippen LogP contribution in [-0.4, -0.2) is 30.8 Å². The number of hydrogen-bond acceptors (Lipinski definition) is 3. The summed E-state index contributed by atoms with van der Waals surface area (Å²) in [5.41, 5.74) is 2.41. The molecule has 0 aliphatic heterocycles. The third-order valence-corrected chi connectivity index (χ3v) is 11.8. The summed E-state index contributed by atoms with van der Waals surface area (Å²) in [6.45, 7) is 19.9. The van der Waals surface area contributed by atoms with Crippen molar-refractivity contribution in [3.63, 3.8) is 0 Å². The summed E-state index contributed by atoms with van der Waals surface area (Å²) < 4.78 is 5.70. The normalized spacial score (nSPS) is 37.1. The Kier molecular flexibility index (Phi) is 10.0. The molecular weight excluding hydrogens is 480 g/mol. The maximum atomic E-state index is 12.7. The molecule has 4 heteroatoms. The Morgan fingerprint density at radius 2 is 1.82 bits per heavy atom. The van der Waals surface area contributed by atoms with E-state index in [4.69, 9.17) is 4.74 Å².